The topological polar surface area (TPSA) is 74.8 Å². The maximum absolute atomic E-state index is 12.6. The van der Waals surface area contributed by atoms with Gasteiger partial charge in [-0.25, -0.2) is 8.42 Å². The van der Waals surface area contributed by atoms with Crippen LogP contribution >= 0.6 is 27.3 Å². The highest BCUT2D eigenvalue weighted by atomic mass is 79.9. The molecule has 6 nitrogen and oxygen atoms in total. The van der Waals surface area contributed by atoms with Crippen LogP contribution in [-0.2, 0) is 14.8 Å². The van der Waals surface area contributed by atoms with E-state index in [0.717, 1.165) is 20.7 Å². The minimum atomic E-state index is -3.57. The second-order valence-corrected chi connectivity index (χ2v) is 10.6. The molecule has 0 radical (unpaired) electrons. The minimum absolute atomic E-state index is 0.171. The lowest BCUT2D eigenvalue weighted by Gasteiger charge is -2.33. The molecule has 3 rings (SSSR count). The summed E-state index contributed by atoms with van der Waals surface area (Å²) < 4.78 is 27.6. The summed E-state index contributed by atoms with van der Waals surface area (Å²) in [5, 5.41) is 0. The Kier molecular flexibility index (Phi) is 5.61. The summed E-state index contributed by atoms with van der Waals surface area (Å²) in [5.41, 5.74) is 1.35. The molecule has 26 heavy (non-hydrogen) atoms. The van der Waals surface area contributed by atoms with Crippen LogP contribution in [0.1, 0.15) is 15.9 Å². The molecule has 1 amide bonds. The molecule has 1 aliphatic heterocycles. The average Bonchev–Trinajstić information content (AvgIpc) is 3.08. The fourth-order valence-electron chi connectivity index (χ4n) is 2.67. The van der Waals surface area contributed by atoms with Crippen molar-refractivity contribution in [3.05, 3.63) is 51.3 Å². The zero-order chi connectivity index (χ0) is 18.9. The minimum Gasteiger partial charge on any atom is -0.333 e. The number of piperazine rings is 1. The number of hydrogen-bond donors (Lipinski definition) is 0. The predicted octanol–water partition coefficient (Wildman–Crippen LogP) is 2.53. The molecule has 0 spiro atoms. The van der Waals surface area contributed by atoms with Gasteiger partial charge in [0.05, 0.1) is 3.79 Å². The highest BCUT2D eigenvalue weighted by Crippen LogP contribution is 2.29. The molecule has 1 aromatic heterocycles. The van der Waals surface area contributed by atoms with Gasteiger partial charge in [0.1, 0.15) is 4.21 Å². The average molecular weight is 457 g/mol. The molecule has 0 aliphatic carbocycles. The molecule has 1 fully saturated rings. The van der Waals surface area contributed by atoms with Gasteiger partial charge in [-0.3, -0.25) is 9.59 Å². The first-order chi connectivity index (χ1) is 12.3. The monoisotopic (exact) mass is 456 g/mol. The highest BCUT2D eigenvalue weighted by molar-refractivity contribution is 9.11. The van der Waals surface area contributed by atoms with Gasteiger partial charge in [-0.2, -0.15) is 4.31 Å². The van der Waals surface area contributed by atoms with E-state index in [9.17, 15) is 18.0 Å². The van der Waals surface area contributed by atoms with Crippen molar-refractivity contribution in [2.45, 2.75) is 11.1 Å². The lowest BCUT2D eigenvalue weighted by molar-refractivity contribution is -0.127. The van der Waals surface area contributed by atoms with Crippen molar-refractivity contribution < 1.29 is 18.0 Å². The molecule has 1 aromatic carbocycles. The quantitative estimate of drug-likeness (QED) is 0.523. The van der Waals surface area contributed by atoms with Gasteiger partial charge in [0, 0.05) is 31.7 Å². The summed E-state index contributed by atoms with van der Waals surface area (Å²) in [6, 6.07) is 10.1. The van der Waals surface area contributed by atoms with E-state index in [-0.39, 0.29) is 30.4 Å². The molecule has 0 atom stereocenters. The number of carbonyl (C=O) groups excluding carboxylic acids is 2. The molecule has 2 aromatic rings. The number of halogens is 1. The zero-order valence-corrected chi connectivity index (χ0v) is 17.2. The third-order valence-electron chi connectivity index (χ3n) is 4.18. The van der Waals surface area contributed by atoms with Crippen LogP contribution in [0.4, 0.5) is 0 Å². The van der Waals surface area contributed by atoms with Crippen molar-refractivity contribution in [3.8, 4) is 0 Å². The van der Waals surface area contributed by atoms with E-state index in [1.807, 2.05) is 6.92 Å². The van der Waals surface area contributed by atoms with Crippen molar-refractivity contribution in [1.82, 2.24) is 9.21 Å². The Morgan fingerprint density at radius 3 is 2.15 bits per heavy atom. The number of Topliss-reactive ketones (excluding diaryl/α,β-unsaturated/α-hetero) is 1. The number of rotatable bonds is 4. The van der Waals surface area contributed by atoms with Crippen molar-refractivity contribution in [2.24, 2.45) is 0 Å². The van der Waals surface area contributed by atoms with E-state index < -0.39 is 21.7 Å². The number of carbonyl (C=O) groups is 2. The standard InChI is InChI=1S/C17H17BrN2O4S2/c1-12-2-4-13(5-3-12)16(21)17(22)19-8-10-20(11-9-19)26(23,24)15-7-6-14(18)25-15/h2-7H,8-11H2,1H3. The first kappa shape index (κ1) is 19.2. The molecule has 9 heteroatoms. The second kappa shape index (κ2) is 7.59. The summed E-state index contributed by atoms with van der Waals surface area (Å²) in [4.78, 5) is 26.2. The predicted molar refractivity (Wildman–Crippen MR) is 103 cm³/mol. The van der Waals surface area contributed by atoms with Gasteiger partial charge < -0.3 is 4.90 Å². The molecule has 0 saturated carbocycles. The molecule has 2 heterocycles. The van der Waals surface area contributed by atoms with E-state index >= 15 is 0 Å². The molecule has 0 unspecified atom stereocenters. The lowest BCUT2D eigenvalue weighted by Crippen LogP contribution is -2.52. The highest BCUT2D eigenvalue weighted by Gasteiger charge is 2.33. The van der Waals surface area contributed by atoms with Gasteiger partial charge in [-0.1, -0.05) is 29.8 Å². The van der Waals surface area contributed by atoms with Crippen molar-refractivity contribution >= 4 is 49.0 Å². The third-order valence-corrected chi connectivity index (χ3v) is 8.17. The fourth-order valence-corrected chi connectivity index (χ4v) is 6.25. The van der Waals surface area contributed by atoms with Crippen LogP contribution in [0.2, 0.25) is 0 Å². The van der Waals surface area contributed by atoms with Crippen molar-refractivity contribution in [2.75, 3.05) is 26.2 Å². The Hall–Kier alpha value is -1.55. The van der Waals surface area contributed by atoms with E-state index in [4.69, 9.17) is 0 Å². The molecule has 138 valence electrons. The maximum Gasteiger partial charge on any atom is 0.295 e. The molecular formula is C17H17BrN2O4S2. The van der Waals surface area contributed by atoms with Gasteiger partial charge in [0.2, 0.25) is 5.78 Å². The van der Waals surface area contributed by atoms with Gasteiger partial charge in [0.15, 0.2) is 0 Å². The van der Waals surface area contributed by atoms with Crippen LogP contribution in [0.15, 0.2) is 44.4 Å². The van der Waals surface area contributed by atoms with Crippen LogP contribution in [0.5, 0.6) is 0 Å². The van der Waals surface area contributed by atoms with Gasteiger partial charge in [0.25, 0.3) is 15.9 Å². The first-order valence-electron chi connectivity index (χ1n) is 7.95. The second-order valence-electron chi connectivity index (χ2n) is 5.95. The number of aryl methyl sites for hydroxylation is 1. The summed E-state index contributed by atoms with van der Waals surface area (Å²) in [7, 11) is -3.57. The number of sulfonamides is 1. The Labute approximate surface area is 164 Å². The van der Waals surface area contributed by atoms with Gasteiger partial charge in [-0.05, 0) is 35.0 Å². The maximum atomic E-state index is 12.6. The molecular weight excluding hydrogens is 440 g/mol. The summed E-state index contributed by atoms with van der Waals surface area (Å²) >= 11 is 4.42. The molecule has 1 aliphatic rings. The Morgan fingerprint density at radius 1 is 1.00 bits per heavy atom. The van der Waals surface area contributed by atoms with Crippen LogP contribution in [0, 0.1) is 6.92 Å². The van der Waals surface area contributed by atoms with Gasteiger partial charge in [-0.15, -0.1) is 11.3 Å². The first-order valence-corrected chi connectivity index (χ1v) is 11.0. The Morgan fingerprint density at radius 2 is 1.62 bits per heavy atom. The Bertz CT molecular complexity index is 930. The summed E-state index contributed by atoms with van der Waals surface area (Å²) in [6.07, 6.45) is 0. The number of amides is 1. The third kappa shape index (κ3) is 3.90. The van der Waals surface area contributed by atoms with Crippen LogP contribution in [0.25, 0.3) is 0 Å². The molecule has 1 saturated heterocycles. The van der Waals surface area contributed by atoms with E-state index in [0.29, 0.717) is 5.56 Å². The van der Waals surface area contributed by atoms with Crippen LogP contribution in [0.3, 0.4) is 0 Å². The van der Waals surface area contributed by atoms with E-state index in [1.165, 1.54) is 9.21 Å². The number of nitrogens with zero attached hydrogens (tertiary/aromatic N) is 2. The van der Waals surface area contributed by atoms with Crippen molar-refractivity contribution in [1.29, 1.82) is 0 Å². The molecule has 0 bridgehead atoms. The fraction of sp³-hybridized carbons (Fsp3) is 0.294. The number of thiophene rings is 1. The largest absolute Gasteiger partial charge is 0.333 e. The number of ketones is 1. The van der Waals surface area contributed by atoms with E-state index in [2.05, 4.69) is 15.9 Å². The number of hydrogen-bond acceptors (Lipinski definition) is 5. The Balaban J connectivity index is 1.65. The SMILES string of the molecule is Cc1ccc(C(=O)C(=O)N2CCN(S(=O)(=O)c3ccc(Br)s3)CC2)cc1. The summed E-state index contributed by atoms with van der Waals surface area (Å²) in [6.45, 7) is 2.64. The smallest absolute Gasteiger partial charge is 0.295 e. The zero-order valence-electron chi connectivity index (χ0n) is 14.0. The van der Waals surface area contributed by atoms with Crippen molar-refractivity contribution in [3.63, 3.8) is 0 Å². The van der Waals surface area contributed by atoms with Gasteiger partial charge >= 0.3 is 0 Å². The van der Waals surface area contributed by atoms with E-state index in [1.54, 1.807) is 36.4 Å². The van der Waals surface area contributed by atoms with Crippen LogP contribution < -0.4 is 0 Å². The molecule has 0 N–H and O–H groups in total. The lowest BCUT2D eigenvalue weighted by atomic mass is 10.1. The summed E-state index contributed by atoms with van der Waals surface area (Å²) in [5.74, 6) is -1.16. The normalized spacial score (nSPS) is 15.8. The van der Waals surface area contributed by atoms with Crippen LogP contribution in [-0.4, -0.2) is 55.5 Å². The number of benzene rings is 1.